The van der Waals surface area contributed by atoms with Gasteiger partial charge in [-0.2, -0.15) is 0 Å². The molecule has 0 saturated heterocycles. The number of nitrogens with one attached hydrogen (secondary N) is 1. The lowest BCUT2D eigenvalue weighted by molar-refractivity contribution is 0.0949. The molecule has 3 aromatic rings. The molecule has 4 rings (SSSR count). The van der Waals surface area contributed by atoms with Gasteiger partial charge in [0.15, 0.2) is 0 Å². The SMILES string of the molecule is Cc1cc(C2CCc3nc(C(=O)NCCc4ccccc4)cn3C2)ccc1F. The van der Waals surface area contributed by atoms with Crippen LogP contribution in [-0.4, -0.2) is 22.0 Å². The molecule has 144 valence electrons. The molecular formula is C23H24FN3O. The second-order valence-electron chi connectivity index (χ2n) is 7.43. The molecule has 2 aromatic carbocycles. The summed E-state index contributed by atoms with van der Waals surface area (Å²) >= 11 is 0. The van der Waals surface area contributed by atoms with Crippen LogP contribution in [0.1, 0.15) is 45.3 Å². The first kappa shape index (κ1) is 18.4. The molecule has 0 fully saturated rings. The third-order valence-corrected chi connectivity index (χ3v) is 5.42. The lowest BCUT2D eigenvalue weighted by atomic mass is 9.90. The van der Waals surface area contributed by atoms with Crippen molar-refractivity contribution in [1.29, 1.82) is 0 Å². The van der Waals surface area contributed by atoms with E-state index in [4.69, 9.17) is 0 Å². The normalized spacial score (nSPS) is 15.9. The van der Waals surface area contributed by atoms with Gasteiger partial charge in [0.1, 0.15) is 17.3 Å². The predicted molar refractivity (Wildman–Crippen MR) is 107 cm³/mol. The second kappa shape index (κ2) is 7.97. The maximum Gasteiger partial charge on any atom is 0.271 e. The molecule has 0 radical (unpaired) electrons. The Hall–Kier alpha value is -2.95. The van der Waals surface area contributed by atoms with Crippen molar-refractivity contribution in [3.8, 4) is 0 Å². The molecule has 1 aromatic heterocycles. The molecule has 0 aliphatic carbocycles. The fourth-order valence-electron chi connectivity index (χ4n) is 3.80. The summed E-state index contributed by atoms with van der Waals surface area (Å²) in [6, 6.07) is 15.4. The van der Waals surface area contributed by atoms with E-state index < -0.39 is 0 Å². The van der Waals surface area contributed by atoms with E-state index in [1.807, 2.05) is 36.5 Å². The lowest BCUT2D eigenvalue weighted by Crippen LogP contribution is -2.26. The Labute approximate surface area is 164 Å². The molecule has 1 atom stereocenters. The van der Waals surface area contributed by atoms with Crippen molar-refractivity contribution in [2.45, 2.75) is 38.6 Å². The summed E-state index contributed by atoms with van der Waals surface area (Å²) in [5.74, 6) is 0.961. The first-order valence-electron chi connectivity index (χ1n) is 9.74. The van der Waals surface area contributed by atoms with Gasteiger partial charge in [0.05, 0.1) is 0 Å². The number of nitrogens with zero attached hydrogens (tertiary/aromatic N) is 2. The van der Waals surface area contributed by atoms with Gasteiger partial charge in [0, 0.05) is 31.6 Å². The first-order chi connectivity index (χ1) is 13.6. The van der Waals surface area contributed by atoms with Gasteiger partial charge in [-0.25, -0.2) is 9.37 Å². The van der Waals surface area contributed by atoms with Gasteiger partial charge in [0.2, 0.25) is 0 Å². The Morgan fingerprint density at radius 1 is 1.25 bits per heavy atom. The highest BCUT2D eigenvalue weighted by atomic mass is 19.1. The summed E-state index contributed by atoms with van der Waals surface area (Å²) < 4.78 is 15.6. The van der Waals surface area contributed by atoms with Gasteiger partial charge >= 0.3 is 0 Å². The fraction of sp³-hybridized carbons (Fsp3) is 0.304. The largest absolute Gasteiger partial charge is 0.350 e. The Morgan fingerprint density at radius 3 is 2.86 bits per heavy atom. The van der Waals surface area contributed by atoms with Gasteiger partial charge < -0.3 is 9.88 Å². The van der Waals surface area contributed by atoms with Gasteiger partial charge in [-0.3, -0.25) is 4.79 Å². The number of aromatic nitrogens is 2. The molecule has 0 saturated carbocycles. The van der Waals surface area contributed by atoms with Crippen molar-refractivity contribution in [2.24, 2.45) is 0 Å². The molecule has 28 heavy (non-hydrogen) atoms. The van der Waals surface area contributed by atoms with Crippen LogP contribution >= 0.6 is 0 Å². The van der Waals surface area contributed by atoms with Crippen LogP contribution in [0.2, 0.25) is 0 Å². The zero-order valence-electron chi connectivity index (χ0n) is 16.0. The van der Waals surface area contributed by atoms with Gasteiger partial charge in [-0.05, 0) is 42.5 Å². The summed E-state index contributed by atoms with van der Waals surface area (Å²) in [5, 5.41) is 2.96. The zero-order chi connectivity index (χ0) is 19.5. The van der Waals surface area contributed by atoms with Crippen LogP contribution in [0.3, 0.4) is 0 Å². The number of fused-ring (bicyclic) bond motifs is 1. The summed E-state index contributed by atoms with van der Waals surface area (Å²) in [6.45, 7) is 3.15. The summed E-state index contributed by atoms with van der Waals surface area (Å²) in [5.41, 5.74) is 3.49. The minimum absolute atomic E-state index is 0.132. The number of amides is 1. The highest BCUT2D eigenvalue weighted by molar-refractivity contribution is 5.92. The Bertz CT molecular complexity index is 981. The van der Waals surface area contributed by atoms with Crippen LogP contribution in [0.4, 0.5) is 4.39 Å². The van der Waals surface area contributed by atoms with E-state index in [1.165, 1.54) is 5.56 Å². The molecule has 4 nitrogen and oxygen atoms in total. The third-order valence-electron chi connectivity index (χ3n) is 5.42. The van der Waals surface area contributed by atoms with E-state index in [-0.39, 0.29) is 11.7 Å². The topological polar surface area (TPSA) is 46.9 Å². The van der Waals surface area contributed by atoms with Crippen molar-refractivity contribution in [2.75, 3.05) is 6.54 Å². The van der Waals surface area contributed by atoms with Crippen molar-refractivity contribution < 1.29 is 9.18 Å². The molecule has 2 heterocycles. The molecule has 0 spiro atoms. The number of hydrogen-bond donors (Lipinski definition) is 1. The molecule has 0 bridgehead atoms. The summed E-state index contributed by atoms with van der Waals surface area (Å²) in [7, 11) is 0. The van der Waals surface area contributed by atoms with E-state index in [1.54, 1.807) is 13.0 Å². The van der Waals surface area contributed by atoms with Gasteiger partial charge in [0.25, 0.3) is 5.91 Å². The Morgan fingerprint density at radius 2 is 2.07 bits per heavy atom. The van der Waals surface area contributed by atoms with Gasteiger partial charge in [-0.15, -0.1) is 0 Å². The minimum Gasteiger partial charge on any atom is -0.350 e. The molecule has 1 N–H and O–H groups in total. The maximum atomic E-state index is 13.5. The number of hydrogen-bond acceptors (Lipinski definition) is 2. The van der Waals surface area contributed by atoms with E-state index in [2.05, 4.69) is 27.0 Å². The fourth-order valence-corrected chi connectivity index (χ4v) is 3.80. The Kier molecular flexibility index (Phi) is 5.24. The van der Waals surface area contributed by atoms with Crippen molar-refractivity contribution >= 4 is 5.91 Å². The third kappa shape index (κ3) is 3.98. The van der Waals surface area contributed by atoms with Crippen LogP contribution in [0.15, 0.2) is 54.7 Å². The van der Waals surface area contributed by atoms with E-state index >= 15 is 0 Å². The molecular weight excluding hydrogens is 353 g/mol. The van der Waals surface area contributed by atoms with Crippen molar-refractivity contribution in [3.63, 3.8) is 0 Å². The van der Waals surface area contributed by atoms with Crippen molar-refractivity contribution in [3.05, 3.63) is 88.8 Å². The standard InChI is InChI=1S/C23H24FN3O/c1-16-13-18(7-9-20(16)24)19-8-10-22-26-21(15-27(22)14-19)23(28)25-12-11-17-5-3-2-4-6-17/h2-7,9,13,15,19H,8,10-12,14H2,1H3,(H,25,28). The number of aryl methyl sites for hydroxylation is 2. The molecule has 1 amide bonds. The molecule has 1 aliphatic heterocycles. The smallest absolute Gasteiger partial charge is 0.271 e. The predicted octanol–water partition coefficient (Wildman–Crippen LogP) is 4.03. The average Bonchev–Trinajstić information content (AvgIpc) is 3.14. The summed E-state index contributed by atoms with van der Waals surface area (Å²) in [6.07, 6.45) is 4.41. The first-order valence-corrected chi connectivity index (χ1v) is 9.74. The van der Waals surface area contributed by atoms with Crippen LogP contribution in [0, 0.1) is 12.7 Å². The maximum absolute atomic E-state index is 13.5. The second-order valence-corrected chi connectivity index (χ2v) is 7.43. The number of carbonyl (C=O) groups is 1. The van der Waals surface area contributed by atoms with Crippen molar-refractivity contribution in [1.82, 2.24) is 14.9 Å². The van der Waals surface area contributed by atoms with Crippen LogP contribution < -0.4 is 5.32 Å². The number of halogens is 1. The molecule has 1 aliphatic rings. The summed E-state index contributed by atoms with van der Waals surface area (Å²) in [4.78, 5) is 17.0. The Balaban J connectivity index is 1.39. The van der Waals surface area contributed by atoms with Crippen LogP contribution in [-0.2, 0) is 19.4 Å². The van der Waals surface area contributed by atoms with E-state index in [0.29, 0.717) is 23.7 Å². The van der Waals surface area contributed by atoms with Gasteiger partial charge in [-0.1, -0.05) is 42.5 Å². The van der Waals surface area contributed by atoms with E-state index in [9.17, 15) is 9.18 Å². The molecule has 5 heteroatoms. The zero-order valence-corrected chi connectivity index (χ0v) is 16.0. The average molecular weight is 377 g/mol. The van der Waals surface area contributed by atoms with E-state index in [0.717, 1.165) is 37.2 Å². The number of benzene rings is 2. The monoisotopic (exact) mass is 377 g/mol. The number of carbonyl (C=O) groups excluding carboxylic acids is 1. The van der Waals surface area contributed by atoms with Crippen LogP contribution in [0.5, 0.6) is 0 Å². The quantitative estimate of drug-likeness (QED) is 0.730. The highest BCUT2D eigenvalue weighted by Gasteiger charge is 2.23. The number of rotatable bonds is 5. The minimum atomic E-state index is -0.169. The molecule has 1 unspecified atom stereocenters. The highest BCUT2D eigenvalue weighted by Crippen LogP contribution is 2.29. The lowest BCUT2D eigenvalue weighted by Gasteiger charge is -2.24. The van der Waals surface area contributed by atoms with Crippen LogP contribution in [0.25, 0.3) is 0 Å². The number of imidazole rings is 1.